The van der Waals surface area contributed by atoms with Crippen molar-refractivity contribution in [3.63, 3.8) is 0 Å². The predicted octanol–water partition coefficient (Wildman–Crippen LogP) is 4.05. The van der Waals surface area contributed by atoms with Crippen molar-refractivity contribution < 1.29 is 13.2 Å². The number of rotatable bonds is 5. The Kier molecular flexibility index (Phi) is 6.22. The average Bonchev–Trinajstić information content (AvgIpc) is 2.72. The van der Waals surface area contributed by atoms with Crippen molar-refractivity contribution >= 4 is 33.1 Å². The Morgan fingerprint density at radius 2 is 1.91 bits per heavy atom. The maximum Gasteiger partial charge on any atom is 0.286 e. The molecule has 2 aliphatic rings. The van der Waals surface area contributed by atoms with E-state index in [-0.39, 0.29) is 16.8 Å². The Hall–Kier alpha value is -2.87. The first-order chi connectivity index (χ1) is 15.5. The lowest BCUT2D eigenvalue weighted by molar-refractivity contribution is -0.134. The van der Waals surface area contributed by atoms with Gasteiger partial charge in [-0.05, 0) is 49.1 Å². The van der Waals surface area contributed by atoms with Gasteiger partial charge in [0.15, 0.2) is 0 Å². The third-order valence-corrected chi connectivity index (χ3v) is 7.64. The number of nitrogens with zero attached hydrogens (tertiary/aromatic N) is 3. The number of carbonyl (C=O) groups is 1. The van der Waals surface area contributed by atoms with Crippen LogP contribution in [-0.4, -0.2) is 50.7 Å². The molecule has 2 aromatic rings. The summed E-state index contributed by atoms with van der Waals surface area (Å²) in [6.07, 6.45) is 0.692. The standard InChI is InChI=1S/C25H32N4O3S/c1-18-8-7-9-20(14-18)29-13-12-28(17-19(29)2)24(30)16-25(3,4)15-23-26-21-10-5-6-11-22(21)33(31,32)27-23/h5-11,14,19H,12-13,15-17H2,1-4H3,(H,26,27)/t19-/m0/s1. The van der Waals surface area contributed by atoms with E-state index >= 15 is 0 Å². The van der Waals surface area contributed by atoms with Gasteiger partial charge in [0.1, 0.15) is 10.7 Å². The summed E-state index contributed by atoms with van der Waals surface area (Å²) in [5, 5.41) is 3.14. The summed E-state index contributed by atoms with van der Waals surface area (Å²) in [7, 11) is -3.73. The minimum Gasteiger partial charge on any atom is -0.365 e. The van der Waals surface area contributed by atoms with Crippen LogP contribution in [0.15, 0.2) is 57.8 Å². The van der Waals surface area contributed by atoms with Crippen molar-refractivity contribution in [2.75, 3.05) is 29.9 Å². The fraction of sp³-hybridized carbons (Fsp3) is 0.440. The number of benzene rings is 2. The van der Waals surface area contributed by atoms with E-state index in [1.165, 1.54) is 11.3 Å². The predicted molar refractivity (Wildman–Crippen MR) is 132 cm³/mol. The van der Waals surface area contributed by atoms with Crippen molar-refractivity contribution in [1.82, 2.24) is 4.90 Å². The van der Waals surface area contributed by atoms with Crippen LogP contribution in [0.2, 0.25) is 0 Å². The molecule has 176 valence electrons. The van der Waals surface area contributed by atoms with E-state index in [0.29, 0.717) is 37.5 Å². The Morgan fingerprint density at radius 1 is 1.15 bits per heavy atom. The van der Waals surface area contributed by atoms with E-state index in [2.05, 4.69) is 52.7 Å². The van der Waals surface area contributed by atoms with Gasteiger partial charge >= 0.3 is 0 Å². The highest BCUT2D eigenvalue weighted by atomic mass is 32.2. The van der Waals surface area contributed by atoms with E-state index in [9.17, 15) is 13.2 Å². The minimum atomic E-state index is -3.73. The van der Waals surface area contributed by atoms with E-state index < -0.39 is 15.4 Å². The largest absolute Gasteiger partial charge is 0.365 e. The molecule has 1 amide bonds. The number of amides is 1. The summed E-state index contributed by atoms with van der Waals surface area (Å²) < 4.78 is 29.0. The van der Waals surface area contributed by atoms with Crippen LogP contribution in [0.3, 0.4) is 0 Å². The van der Waals surface area contributed by atoms with Gasteiger partial charge in [-0.2, -0.15) is 8.42 Å². The number of hydrogen-bond acceptors (Lipinski definition) is 5. The molecule has 4 rings (SSSR count). The third kappa shape index (κ3) is 5.21. The molecule has 1 fully saturated rings. The van der Waals surface area contributed by atoms with Crippen LogP contribution in [-0.2, 0) is 14.8 Å². The molecular formula is C25H32N4O3S. The third-order valence-electron chi connectivity index (χ3n) is 6.26. The number of para-hydroxylation sites is 1. The molecule has 2 aliphatic heterocycles. The van der Waals surface area contributed by atoms with E-state index in [1.807, 2.05) is 18.7 Å². The van der Waals surface area contributed by atoms with E-state index in [0.717, 1.165) is 6.54 Å². The Morgan fingerprint density at radius 3 is 2.64 bits per heavy atom. The van der Waals surface area contributed by atoms with Gasteiger partial charge in [0.05, 0.1) is 5.69 Å². The summed E-state index contributed by atoms with van der Waals surface area (Å²) in [6.45, 7) is 10.3. The number of amidine groups is 1. The molecule has 33 heavy (non-hydrogen) atoms. The molecule has 0 bridgehead atoms. The number of carbonyl (C=O) groups excluding carboxylic acids is 1. The highest BCUT2D eigenvalue weighted by molar-refractivity contribution is 7.90. The fourth-order valence-corrected chi connectivity index (χ4v) is 5.80. The van der Waals surface area contributed by atoms with Gasteiger partial charge in [-0.1, -0.05) is 38.1 Å². The summed E-state index contributed by atoms with van der Waals surface area (Å²) in [5.74, 6) is 0.472. The van der Waals surface area contributed by atoms with Crippen LogP contribution < -0.4 is 10.2 Å². The quantitative estimate of drug-likeness (QED) is 0.716. The molecule has 1 atom stereocenters. The van der Waals surface area contributed by atoms with Crippen molar-refractivity contribution in [2.45, 2.75) is 51.5 Å². The Balaban J connectivity index is 1.39. The fourth-order valence-electron chi connectivity index (χ4n) is 4.66. The summed E-state index contributed by atoms with van der Waals surface area (Å²) in [4.78, 5) is 17.6. The molecular weight excluding hydrogens is 436 g/mol. The average molecular weight is 469 g/mol. The number of aryl methyl sites for hydroxylation is 1. The molecule has 0 aliphatic carbocycles. The first kappa shape index (κ1) is 23.3. The van der Waals surface area contributed by atoms with Crippen molar-refractivity contribution in [2.24, 2.45) is 9.81 Å². The molecule has 2 aromatic carbocycles. The van der Waals surface area contributed by atoms with Gasteiger partial charge in [0.25, 0.3) is 10.0 Å². The lowest BCUT2D eigenvalue weighted by Crippen LogP contribution is -2.54. The summed E-state index contributed by atoms with van der Waals surface area (Å²) in [5.41, 5.74) is 2.51. The monoisotopic (exact) mass is 468 g/mol. The van der Waals surface area contributed by atoms with Crippen molar-refractivity contribution in [1.29, 1.82) is 0 Å². The number of hydrogen-bond donors (Lipinski definition) is 1. The molecule has 2 heterocycles. The lowest BCUT2D eigenvalue weighted by atomic mass is 9.84. The SMILES string of the molecule is Cc1cccc(N2CCN(C(=O)CC(C)(C)CC3=NS(=O)(=O)c4ccccc4N3)C[C@@H]2C)c1. The van der Waals surface area contributed by atoms with Crippen molar-refractivity contribution in [3.05, 3.63) is 54.1 Å². The minimum absolute atomic E-state index is 0.0930. The number of fused-ring (bicyclic) bond motifs is 1. The highest BCUT2D eigenvalue weighted by Gasteiger charge is 2.33. The molecule has 0 saturated carbocycles. The molecule has 0 spiro atoms. The van der Waals surface area contributed by atoms with E-state index in [4.69, 9.17) is 0 Å². The molecule has 1 saturated heterocycles. The smallest absolute Gasteiger partial charge is 0.286 e. The lowest BCUT2D eigenvalue weighted by Gasteiger charge is -2.42. The van der Waals surface area contributed by atoms with Crippen LogP contribution in [0.1, 0.15) is 39.2 Å². The van der Waals surface area contributed by atoms with Crippen LogP contribution in [0.5, 0.6) is 0 Å². The summed E-state index contributed by atoms with van der Waals surface area (Å²) in [6, 6.07) is 15.4. The molecule has 0 aromatic heterocycles. The number of sulfonamides is 1. The highest BCUT2D eigenvalue weighted by Crippen LogP contribution is 2.33. The number of nitrogens with one attached hydrogen (secondary N) is 1. The van der Waals surface area contributed by atoms with Crippen LogP contribution in [0.4, 0.5) is 11.4 Å². The normalized spacial score (nSPS) is 20.0. The van der Waals surface area contributed by atoms with Gasteiger partial charge in [0, 0.05) is 44.2 Å². The molecule has 0 radical (unpaired) electrons. The molecule has 8 heteroatoms. The zero-order valence-corrected chi connectivity index (χ0v) is 20.5. The van der Waals surface area contributed by atoms with Gasteiger partial charge < -0.3 is 15.1 Å². The Bertz CT molecular complexity index is 1190. The molecule has 7 nitrogen and oxygen atoms in total. The molecule has 1 N–H and O–H groups in total. The van der Waals surface area contributed by atoms with Gasteiger partial charge in [-0.3, -0.25) is 4.79 Å². The maximum absolute atomic E-state index is 13.2. The first-order valence-electron chi connectivity index (χ1n) is 11.4. The van der Waals surface area contributed by atoms with Gasteiger partial charge in [-0.15, -0.1) is 4.40 Å². The van der Waals surface area contributed by atoms with Crippen LogP contribution in [0.25, 0.3) is 0 Å². The van der Waals surface area contributed by atoms with Gasteiger partial charge in [-0.25, -0.2) is 0 Å². The Labute approximate surface area is 196 Å². The van der Waals surface area contributed by atoms with Crippen LogP contribution in [0, 0.1) is 12.3 Å². The second-order valence-electron chi connectivity index (χ2n) is 9.87. The second kappa shape index (κ2) is 8.82. The topological polar surface area (TPSA) is 82.1 Å². The number of anilines is 2. The second-order valence-corrected chi connectivity index (χ2v) is 11.4. The number of piperazine rings is 1. The van der Waals surface area contributed by atoms with E-state index in [1.54, 1.807) is 24.3 Å². The molecule has 0 unspecified atom stereocenters. The van der Waals surface area contributed by atoms with Crippen molar-refractivity contribution in [3.8, 4) is 0 Å². The summed E-state index contributed by atoms with van der Waals surface area (Å²) >= 11 is 0. The zero-order chi connectivity index (χ0) is 23.8. The first-order valence-corrected chi connectivity index (χ1v) is 12.8. The maximum atomic E-state index is 13.2. The van der Waals surface area contributed by atoms with Gasteiger partial charge in [0.2, 0.25) is 5.91 Å². The zero-order valence-electron chi connectivity index (χ0n) is 19.7. The van der Waals surface area contributed by atoms with Crippen LogP contribution >= 0.6 is 0 Å².